The highest BCUT2D eigenvalue weighted by molar-refractivity contribution is 9.10. The molecule has 3 aliphatic heterocycles. The molecule has 0 spiro atoms. The van der Waals surface area contributed by atoms with E-state index in [1.807, 2.05) is 138 Å². The summed E-state index contributed by atoms with van der Waals surface area (Å²) >= 11 is 3.53. The van der Waals surface area contributed by atoms with Crippen LogP contribution in [0.25, 0.3) is 55.7 Å². The van der Waals surface area contributed by atoms with Crippen LogP contribution in [0.5, 0.6) is 0 Å². The minimum absolute atomic E-state index is 0. The molecule has 0 N–H and O–H groups in total. The van der Waals surface area contributed by atoms with Gasteiger partial charge in [0.2, 0.25) is 0 Å². The molecule has 4 aromatic heterocycles. The average molecular weight is 1020 g/mol. The van der Waals surface area contributed by atoms with Gasteiger partial charge in [0.15, 0.2) is 0 Å². The zero-order valence-electron chi connectivity index (χ0n) is 42.1. The van der Waals surface area contributed by atoms with Crippen LogP contribution in [-0.2, 0) is 27.9 Å². The molecular formula is C55H64B3BrN6O6. The minimum Gasteiger partial charge on any atom is -0.405 e. The molecule has 3 aliphatic rings. The lowest BCUT2D eigenvalue weighted by Crippen LogP contribution is -2.41. The highest BCUT2D eigenvalue weighted by Crippen LogP contribution is 2.43. The van der Waals surface area contributed by atoms with Gasteiger partial charge in [0.25, 0.3) is 0 Å². The Balaban J connectivity index is 0.000000147. The highest BCUT2D eigenvalue weighted by atomic mass is 79.9. The largest absolute Gasteiger partial charge is 0.494 e. The number of fused-ring (bicyclic) bond motifs is 2. The van der Waals surface area contributed by atoms with Gasteiger partial charge >= 0.3 is 21.1 Å². The van der Waals surface area contributed by atoms with E-state index in [0.717, 1.165) is 65.6 Å². The van der Waals surface area contributed by atoms with Gasteiger partial charge in [0.05, 0.1) is 56.0 Å². The van der Waals surface area contributed by atoms with Gasteiger partial charge in [-0.25, -0.2) is 9.36 Å². The lowest BCUT2D eigenvalue weighted by molar-refractivity contribution is 0.00578. The predicted octanol–water partition coefficient (Wildman–Crippen LogP) is 12.1. The number of hydrogen-bond donors (Lipinski definition) is 0. The minimum atomic E-state index is -0.476. The van der Waals surface area contributed by atoms with Crippen molar-refractivity contribution in [2.24, 2.45) is 0 Å². The molecule has 3 fully saturated rings. The van der Waals surface area contributed by atoms with Crippen molar-refractivity contribution >= 4 is 64.3 Å². The number of aromatic nitrogens is 6. The van der Waals surface area contributed by atoms with E-state index in [2.05, 4.69) is 102 Å². The Hall–Kier alpha value is -5.45. The molecule has 0 bridgehead atoms. The number of pyridine rings is 2. The van der Waals surface area contributed by atoms with Crippen molar-refractivity contribution in [2.45, 2.75) is 124 Å². The molecule has 16 heteroatoms. The van der Waals surface area contributed by atoms with Crippen molar-refractivity contribution in [1.29, 1.82) is 0 Å². The van der Waals surface area contributed by atoms with E-state index in [-0.39, 0.29) is 41.0 Å². The SMILES string of the molecule is Brc1cccc(-c2nn(-c3ccncc3)c3ccccc23)c1.C.CC1(C)OB(B2OC(C)(C)C(C)(C)O2)OC1(C)C.CC1(C)OB(c2cccc(-c3nn(-c4ccncc4)c4ccccc34)c2)OC1(C)C. The second-order valence-corrected chi connectivity index (χ2v) is 21.9. The second-order valence-electron chi connectivity index (χ2n) is 20.9. The van der Waals surface area contributed by atoms with Crippen LogP contribution in [0.3, 0.4) is 0 Å². The van der Waals surface area contributed by atoms with Crippen LogP contribution in [0, 0.1) is 0 Å². The van der Waals surface area contributed by atoms with Gasteiger partial charge in [0.1, 0.15) is 11.4 Å². The summed E-state index contributed by atoms with van der Waals surface area (Å²) in [5, 5.41) is 12.0. The predicted molar refractivity (Wildman–Crippen MR) is 291 cm³/mol. The first-order valence-electron chi connectivity index (χ1n) is 23.8. The molecule has 0 saturated carbocycles. The summed E-state index contributed by atoms with van der Waals surface area (Å²) in [6.07, 6.45) is 7.13. The lowest BCUT2D eigenvalue weighted by atomic mass is 9.49. The first-order valence-corrected chi connectivity index (χ1v) is 24.6. The van der Waals surface area contributed by atoms with Crippen molar-refractivity contribution in [3.8, 4) is 33.9 Å². The van der Waals surface area contributed by atoms with Crippen LogP contribution in [-0.4, -0.2) is 84.3 Å². The van der Waals surface area contributed by atoms with Crippen LogP contribution < -0.4 is 5.46 Å². The molecule has 12 nitrogen and oxygen atoms in total. The number of halogens is 1. The van der Waals surface area contributed by atoms with E-state index in [4.69, 9.17) is 38.1 Å². The molecular weight excluding hydrogens is 953 g/mol. The molecule has 0 amide bonds. The summed E-state index contributed by atoms with van der Waals surface area (Å²) in [5.74, 6) is 0. The second kappa shape index (κ2) is 19.5. The van der Waals surface area contributed by atoms with Crippen molar-refractivity contribution in [3.63, 3.8) is 0 Å². The maximum atomic E-state index is 6.25. The lowest BCUT2D eigenvalue weighted by Gasteiger charge is -2.32. The third-order valence-electron chi connectivity index (χ3n) is 14.5. The molecule has 0 radical (unpaired) electrons. The quantitative estimate of drug-likeness (QED) is 0.149. The monoisotopic (exact) mass is 1020 g/mol. The molecule has 0 atom stereocenters. The Morgan fingerprint density at radius 1 is 0.423 bits per heavy atom. The van der Waals surface area contributed by atoms with Gasteiger partial charge in [0, 0.05) is 51.2 Å². The number of benzene rings is 4. The Kier molecular flexibility index (Phi) is 14.3. The topological polar surface area (TPSA) is 117 Å². The third kappa shape index (κ3) is 10.2. The summed E-state index contributed by atoms with van der Waals surface area (Å²) in [6, 6.07) is 40.9. The van der Waals surface area contributed by atoms with E-state index in [1.165, 1.54) is 0 Å². The van der Waals surface area contributed by atoms with E-state index in [0.29, 0.717) is 0 Å². The summed E-state index contributed by atoms with van der Waals surface area (Å²) < 4.78 is 41.3. The maximum Gasteiger partial charge on any atom is 0.494 e. The molecule has 4 aromatic carbocycles. The van der Waals surface area contributed by atoms with Crippen LogP contribution >= 0.6 is 15.9 Å². The van der Waals surface area contributed by atoms with Gasteiger partial charge in [-0.1, -0.05) is 96.2 Å². The fourth-order valence-electron chi connectivity index (χ4n) is 8.37. The summed E-state index contributed by atoms with van der Waals surface area (Å²) in [4.78, 5) is 8.21. The zero-order valence-corrected chi connectivity index (χ0v) is 43.7. The number of para-hydroxylation sites is 2. The fraction of sp³-hybridized carbons (Fsp3) is 0.345. The number of hydrogen-bond acceptors (Lipinski definition) is 10. The Morgan fingerprint density at radius 3 is 1.20 bits per heavy atom. The first-order chi connectivity index (χ1) is 33.1. The number of nitrogens with zero attached hydrogens (tertiary/aromatic N) is 6. The molecule has 71 heavy (non-hydrogen) atoms. The Morgan fingerprint density at radius 2 is 0.789 bits per heavy atom. The normalized spacial score (nSPS) is 18.9. The van der Waals surface area contributed by atoms with Crippen molar-refractivity contribution in [3.05, 3.63) is 151 Å². The molecule has 8 aromatic rings. The summed E-state index contributed by atoms with van der Waals surface area (Å²) in [7, 11) is -1.35. The van der Waals surface area contributed by atoms with Crippen molar-refractivity contribution in [1.82, 2.24) is 29.5 Å². The van der Waals surface area contributed by atoms with Crippen molar-refractivity contribution < 1.29 is 27.9 Å². The molecule has 7 heterocycles. The Labute approximate surface area is 428 Å². The van der Waals surface area contributed by atoms with Crippen LogP contribution in [0.4, 0.5) is 0 Å². The van der Waals surface area contributed by atoms with Gasteiger partial charge in [-0.05, 0) is 137 Å². The zero-order chi connectivity index (χ0) is 49.9. The Bertz CT molecular complexity index is 3060. The van der Waals surface area contributed by atoms with Crippen LogP contribution in [0.1, 0.15) is 90.5 Å². The van der Waals surface area contributed by atoms with Gasteiger partial charge in [-0.3, -0.25) is 9.97 Å². The smallest absolute Gasteiger partial charge is 0.405 e. The van der Waals surface area contributed by atoms with Gasteiger partial charge in [-0.2, -0.15) is 10.2 Å². The van der Waals surface area contributed by atoms with Crippen LogP contribution in [0.15, 0.2) is 151 Å². The molecule has 0 aliphatic carbocycles. The molecule has 366 valence electrons. The molecule has 3 saturated heterocycles. The first kappa shape index (κ1) is 51.9. The average Bonchev–Trinajstić information content (AvgIpc) is 4.07. The summed E-state index contributed by atoms with van der Waals surface area (Å²) in [6.45, 7) is 24.5. The van der Waals surface area contributed by atoms with Crippen molar-refractivity contribution in [2.75, 3.05) is 0 Å². The van der Waals surface area contributed by atoms with E-state index in [9.17, 15) is 0 Å². The summed E-state index contributed by atoms with van der Waals surface area (Å²) in [5.41, 5.74) is 6.98. The molecule has 0 unspecified atom stereocenters. The maximum absolute atomic E-state index is 6.25. The standard InChI is InChI=1S/C24H24BN3O2.C18H12BrN3.C12H24B2O4.CH4/c1-23(2)24(3,4)30-25(29-23)18-9-7-8-17(16-18)22-20-10-5-6-11-21(20)28(27-22)19-12-14-26-15-13-19;19-14-5-3-4-13(12-14)18-16-6-1-2-7-17(16)22(21-18)15-8-10-20-11-9-15;1-9(2)10(3,4)16-13(15-9)14-17-11(5,6)12(7,8)18-14;/h5-16H,1-4H3;1-12H;1-8H3;1H4. The van der Waals surface area contributed by atoms with Crippen LogP contribution in [0.2, 0.25) is 0 Å². The van der Waals surface area contributed by atoms with E-state index < -0.39 is 21.1 Å². The number of rotatable bonds is 6. The third-order valence-corrected chi connectivity index (χ3v) is 15.0. The van der Waals surface area contributed by atoms with E-state index >= 15 is 0 Å². The van der Waals surface area contributed by atoms with Gasteiger partial charge in [-0.15, -0.1) is 0 Å². The van der Waals surface area contributed by atoms with Gasteiger partial charge < -0.3 is 27.9 Å². The molecule has 11 rings (SSSR count). The van der Waals surface area contributed by atoms with E-state index in [1.54, 1.807) is 24.8 Å². The fourth-order valence-corrected chi connectivity index (χ4v) is 8.77. The highest BCUT2D eigenvalue weighted by Gasteiger charge is 2.63.